The van der Waals surface area contributed by atoms with Gasteiger partial charge in [0.05, 0.1) is 5.52 Å². The molecule has 0 bridgehead atoms. The Bertz CT molecular complexity index is 979. The Labute approximate surface area is 153 Å². The van der Waals surface area contributed by atoms with Gasteiger partial charge in [-0.15, -0.1) is 0 Å². The molecule has 2 aliphatic rings. The van der Waals surface area contributed by atoms with Gasteiger partial charge in [0.2, 0.25) is 0 Å². The third-order valence-electron chi connectivity index (χ3n) is 6.22. The number of benzene rings is 2. The largest absolute Gasteiger partial charge is 0.420 e. The van der Waals surface area contributed by atoms with E-state index in [2.05, 4.69) is 29.2 Å². The number of likely N-dealkylation sites (tertiary alicyclic amines) is 1. The van der Waals surface area contributed by atoms with Crippen LogP contribution in [0, 0.1) is 0 Å². The quantitative estimate of drug-likeness (QED) is 0.707. The second kappa shape index (κ2) is 6.44. The van der Waals surface area contributed by atoms with E-state index in [1.165, 1.54) is 24.0 Å². The van der Waals surface area contributed by atoms with Gasteiger partial charge in [0.25, 0.3) is 0 Å². The van der Waals surface area contributed by atoms with Gasteiger partial charge in [-0.05, 0) is 55.4 Å². The molecule has 3 aromatic rings. The van der Waals surface area contributed by atoms with Crippen LogP contribution >= 0.6 is 0 Å². The summed E-state index contributed by atoms with van der Waals surface area (Å²) < 4.78 is 7.31. The standard InChI is InChI=1S/C22H24N2O2/c25-22-24(20-7-3-4-8-21(20)26-22)18-11-13-23(14-12-18)19-10-9-16-5-1-2-6-17(16)15-19/h1-8,18-19H,9-15H2. The fraction of sp³-hybridized carbons (Fsp3) is 0.409. The minimum atomic E-state index is -0.212. The van der Waals surface area contributed by atoms with E-state index in [1.54, 1.807) is 0 Å². The molecule has 2 aromatic carbocycles. The van der Waals surface area contributed by atoms with E-state index < -0.39 is 0 Å². The van der Waals surface area contributed by atoms with E-state index in [1.807, 2.05) is 28.8 Å². The number of nitrogens with zero attached hydrogens (tertiary/aromatic N) is 2. The molecule has 134 valence electrons. The Balaban J connectivity index is 1.31. The molecule has 0 N–H and O–H groups in total. The lowest BCUT2D eigenvalue weighted by Gasteiger charge is -2.39. The van der Waals surface area contributed by atoms with Crippen LogP contribution in [0.4, 0.5) is 0 Å². The van der Waals surface area contributed by atoms with Crippen LogP contribution in [-0.2, 0) is 12.8 Å². The van der Waals surface area contributed by atoms with Crippen molar-refractivity contribution in [2.75, 3.05) is 13.1 Å². The van der Waals surface area contributed by atoms with E-state index in [-0.39, 0.29) is 11.8 Å². The number of hydrogen-bond acceptors (Lipinski definition) is 3. The van der Waals surface area contributed by atoms with Crippen molar-refractivity contribution in [3.63, 3.8) is 0 Å². The summed E-state index contributed by atoms with van der Waals surface area (Å²) in [5.41, 5.74) is 4.67. The number of aromatic nitrogens is 1. The van der Waals surface area contributed by atoms with Crippen LogP contribution in [0.1, 0.15) is 36.4 Å². The summed E-state index contributed by atoms with van der Waals surface area (Å²) in [6.07, 6.45) is 5.63. The van der Waals surface area contributed by atoms with Crippen molar-refractivity contribution in [2.45, 2.75) is 44.2 Å². The third kappa shape index (κ3) is 2.69. The van der Waals surface area contributed by atoms with Crippen molar-refractivity contribution in [1.82, 2.24) is 9.47 Å². The fourth-order valence-corrected chi connectivity index (χ4v) is 4.83. The van der Waals surface area contributed by atoms with Crippen molar-refractivity contribution in [3.05, 3.63) is 70.2 Å². The van der Waals surface area contributed by atoms with E-state index in [0.29, 0.717) is 11.6 Å². The average Bonchev–Trinajstić information content (AvgIpc) is 3.03. The van der Waals surface area contributed by atoms with Crippen LogP contribution in [0.2, 0.25) is 0 Å². The minimum Gasteiger partial charge on any atom is -0.408 e. The van der Waals surface area contributed by atoms with Gasteiger partial charge in [-0.2, -0.15) is 0 Å². The van der Waals surface area contributed by atoms with Gasteiger partial charge in [-0.25, -0.2) is 4.79 Å². The highest BCUT2D eigenvalue weighted by Crippen LogP contribution is 2.30. The van der Waals surface area contributed by atoms with Crippen LogP contribution in [0.15, 0.2) is 57.7 Å². The summed E-state index contributed by atoms with van der Waals surface area (Å²) in [6.45, 7) is 2.12. The van der Waals surface area contributed by atoms with Crippen molar-refractivity contribution in [3.8, 4) is 0 Å². The SMILES string of the molecule is O=c1oc2ccccc2n1C1CCN(C2CCc3ccccc3C2)CC1. The Kier molecular flexibility index (Phi) is 3.93. The Morgan fingerprint density at radius 1 is 0.846 bits per heavy atom. The summed E-state index contributed by atoms with van der Waals surface area (Å²) in [6, 6.07) is 17.5. The number of hydrogen-bond donors (Lipinski definition) is 0. The van der Waals surface area contributed by atoms with Gasteiger partial charge >= 0.3 is 5.76 Å². The zero-order valence-electron chi connectivity index (χ0n) is 14.9. The molecule has 1 saturated heterocycles. The van der Waals surface area contributed by atoms with Crippen LogP contribution in [0.3, 0.4) is 0 Å². The first-order valence-electron chi connectivity index (χ1n) is 9.70. The van der Waals surface area contributed by atoms with E-state index in [0.717, 1.165) is 37.9 Å². The molecule has 0 spiro atoms. The lowest BCUT2D eigenvalue weighted by atomic mass is 9.86. The maximum Gasteiger partial charge on any atom is 0.420 e. The third-order valence-corrected chi connectivity index (χ3v) is 6.22. The lowest BCUT2D eigenvalue weighted by Crippen LogP contribution is -2.45. The number of rotatable bonds is 2. The second-order valence-electron chi connectivity index (χ2n) is 7.64. The molecule has 1 aliphatic heterocycles. The number of para-hydroxylation sites is 2. The molecule has 0 radical (unpaired) electrons. The molecule has 4 heteroatoms. The Morgan fingerprint density at radius 2 is 1.58 bits per heavy atom. The zero-order valence-corrected chi connectivity index (χ0v) is 14.9. The van der Waals surface area contributed by atoms with Gasteiger partial charge in [0.15, 0.2) is 5.58 Å². The van der Waals surface area contributed by atoms with Gasteiger partial charge in [0, 0.05) is 25.2 Å². The Morgan fingerprint density at radius 3 is 2.42 bits per heavy atom. The highest BCUT2D eigenvalue weighted by molar-refractivity contribution is 5.72. The smallest absolute Gasteiger partial charge is 0.408 e. The molecule has 1 aliphatic carbocycles. The van der Waals surface area contributed by atoms with Crippen LogP contribution in [0.5, 0.6) is 0 Å². The lowest BCUT2D eigenvalue weighted by molar-refractivity contribution is 0.123. The Hall–Kier alpha value is -2.33. The summed E-state index contributed by atoms with van der Waals surface area (Å²) in [5.74, 6) is -0.212. The average molecular weight is 348 g/mol. The number of fused-ring (bicyclic) bond motifs is 2. The summed E-state index contributed by atoms with van der Waals surface area (Å²) in [7, 11) is 0. The van der Waals surface area contributed by atoms with E-state index >= 15 is 0 Å². The molecule has 2 heterocycles. The molecule has 1 atom stereocenters. The molecule has 0 saturated carbocycles. The molecule has 5 rings (SSSR count). The monoisotopic (exact) mass is 348 g/mol. The fourth-order valence-electron chi connectivity index (χ4n) is 4.83. The van der Waals surface area contributed by atoms with Crippen LogP contribution in [0.25, 0.3) is 11.1 Å². The van der Waals surface area contributed by atoms with Crippen molar-refractivity contribution >= 4 is 11.1 Å². The van der Waals surface area contributed by atoms with E-state index in [9.17, 15) is 4.79 Å². The van der Waals surface area contributed by atoms with Crippen molar-refractivity contribution < 1.29 is 4.42 Å². The van der Waals surface area contributed by atoms with Gasteiger partial charge in [-0.1, -0.05) is 36.4 Å². The first kappa shape index (κ1) is 15.9. The topological polar surface area (TPSA) is 38.4 Å². The predicted molar refractivity (Wildman–Crippen MR) is 103 cm³/mol. The maximum absolute atomic E-state index is 12.3. The summed E-state index contributed by atoms with van der Waals surface area (Å²) >= 11 is 0. The molecular formula is C22H24N2O2. The second-order valence-corrected chi connectivity index (χ2v) is 7.64. The molecule has 1 aromatic heterocycles. The number of aryl methyl sites for hydroxylation is 1. The molecule has 26 heavy (non-hydrogen) atoms. The van der Waals surface area contributed by atoms with Crippen molar-refractivity contribution in [2.24, 2.45) is 0 Å². The predicted octanol–water partition coefficient (Wildman–Crippen LogP) is 3.79. The van der Waals surface area contributed by atoms with Gasteiger partial charge < -0.3 is 4.42 Å². The zero-order chi connectivity index (χ0) is 17.5. The van der Waals surface area contributed by atoms with Crippen LogP contribution in [-0.4, -0.2) is 28.6 Å². The molecule has 1 unspecified atom stereocenters. The molecule has 1 fully saturated rings. The van der Waals surface area contributed by atoms with Gasteiger partial charge in [0.1, 0.15) is 0 Å². The summed E-state index contributed by atoms with van der Waals surface area (Å²) in [5, 5.41) is 0. The van der Waals surface area contributed by atoms with Crippen molar-refractivity contribution in [1.29, 1.82) is 0 Å². The first-order valence-corrected chi connectivity index (χ1v) is 9.70. The number of piperidine rings is 1. The minimum absolute atomic E-state index is 0.212. The highest BCUT2D eigenvalue weighted by atomic mass is 16.4. The maximum atomic E-state index is 12.3. The molecule has 4 nitrogen and oxygen atoms in total. The number of oxazole rings is 1. The molecule has 0 amide bonds. The normalized spacial score (nSPS) is 21.8. The molecular weight excluding hydrogens is 324 g/mol. The van der Waals surface area contributed by atoms with E-state index in [4.69, 9.17) is 4.42 Å². The van der Waals surface area contributed by atoms with Gasteiger partial charge in [-0.3, -0.25) is 9.47 Å². The highest BCUT2D eigenvalue weighted by Gasteiger charge is 2.30. The first-order chi connectivity index (χ1) is 12.8. The van der Waals surface area contributed by atoms with Crippen LogP contribution < -0.4 is 5.76 Å². The summed E-state index contributed by atoms with van der Waals surface area (Å²) in [4.78, 5) is 15.0.